The van der Waals surface area contributed by atoms with Gasteiger partial charge >= 0.3 is 0 Å². The average Bonchev–Trinajstić information content (AvgIpc) is 3.68. The number of aryl methyl sites for hydroxylation is 1. The second-order valence-electron chi connectivity index (χ2n) is 13.3. The Kier molecular flexibility index (Phi) is 13.5. The smallest absolute Gasteiger partial charge is 0.227 e. The molecule has 0 saturated heterocycles. The molecule has 0 fully saturated rings. The van der Waals surface area contributed by atoms with Gasteiger partial charge in [0.2, 0.25) is 6.73 Å². The molecule has 4 atom stereocenters. The minimum atomic E-state index is -0.849. The third kappa shape index (κ3) is 10.4. The molecule has 10 heteroatoms. The number of hydrogen-bond donors (Lipinski definition) is 7. The Morgan fingerprint density at radius 3 is 2.62 bits per heavy atom. The number of aromatic hydroxyl groups is 1. The van der Waals surface area contributed by atoms with Gasteiger partial charge in [0, 0.05) is 32.0 Å². The number of rotatable bonds is 20. The van der Waals surface area contributed by atoms with Gasteiger partial charge < -0.3 is 30.9 Å². The predicted molar refractivity (Wildman–Crippen MR) is 194 cm³/mol. The second-order valence-corrected chi connectivity index (χ2v) is 13.3. The number of allylic oxidation sites excluding steroid dienone is 1. The first-order valence-corrected chi connectivity index (χ1v) is 17.6. The van der Waals surface area contributed by atoms with E-state index in [1.807, 2.05) is 43.5 Å². The summed E-state index contributed by atoms with van der Waals surface area (Å²) in [7, 11) is 0. The fourth-order valence-electron chi connectivity index (χ4n) is 6.50. The normalized spacial score (nSPS) is 17.1. The van der Waals surface area contributed by atoms with Crippen molar-refractivity contribution in [2.45, 2.75) is 83.3 Å². The third-order valence-electron chi connectivity index (χ3n) is 9.30. The Labute approximate surface area is 294 Å². The summed E-state index contributed by atoms with van der Waals surface area (Å²) in [5.41, 5.74) is 14.5. The van der Waals surface area contributed by atoms with E-state index in [4.69, 9.17) is 10.5 Å². The first kappa shape index (κ1) is 37.1. The van der Waals surface area contributed by atoms with E-state index in [9.17, 15) is 25.2 Å². The van der Waals surface area contributed by atoms with E-state index in [-0.39, 0.29) is 50.3 Å². The van der Waals surface area contributed by atoms with Gasteiger partial charge in [-0.1, -0.05) is 67.9 Å². The van der Waals surface area contributed by atoms with Crippen LogP contribution in [0.25, 0.3) is 0 Å². The molecule has 1 unspecified atom stereocenters. The van der Waals surface area contributed by atoms with Gasteiger partial charge in [-0.05, 0) is 71.2 Å². The van der Waals surface area contributed by atoms with Gasteiger partial charge in [0.15, 0.2) is 11.5 Å². The number of nitrogens with one attached hydrogen (secondary N) is 2. The van der Waals surface area contributed by atoms with Crippen LogP contribution >= 0.6 is 0 Å². The minimum Gasteiger partial charge on any atom is -0.504 e. The molecule has 0 amide bonds. The van der Waals surface area contributed by atoms with Gasteiger partial charge in [0.05, 0.1) is 30.6 Å². The summed E-state index contributed by atoms with van der Waals surface area (Å²) in [4.78, 5) is 18.2. The van der Waals surface area contributed by atoms with E-state index < -0.39 is 12.2 Å². The molecular weight excluding hydrogens is 632 g/mol. The van der Waals surface area contributed by atoms with Crippen LogP contribution in [0.15, 0.2) is 95.3 Å². The number of benzene rings is 3. The van der Waals surface area contributed by atoms with E-state index in [2.05, 4.69) is 34.7 Å². The van der Waals surface area contributed by atoms with Gasteiger partial charge in [-0.3, -0.25) is 20.0 Å². The van der Waals surface area contributed by atoms with Crippen LogP contribution in [0.4, 0.5) is 0 Å². The highest BCUT2D eigenvalue weighted by Gasteiger charge is 2.31. The lowest BCUT2D eigenvalue weighted by Gasteiger charge is -2.17. The Morgan fingerprint density at radius 2 is 1.84 bits per heavy atom. The molecule has 2 aliphatic rings. The maximum absolute atomic E-state index is 12.5. The molecule has 0 saturated carbocycles. The van der Waals surface area contributed by atoms with Crippen LogP contribution in [0.3, 0.4) is 0 Å². The predicted octanol–water partition coefficient (Wildman–Crippen LogP) is 3.18. The molecule has 0 spiro atoms. The first-order valence-electron chi connectivity index (χ1n) is 17.6. The molecule has 266 valence electrons. The number of hydrogen-bond acceptors (Lipinski definition) is 9. The number of ketones is 1. The van der Waals surface area contributed by atoms with E-state index >= 15 is 0 Å². The highest BCUT2D eigenvalue weighted by Crippen LogP contribution is 2.29. The average molecular weight is 684 g/mol. The summed E-state index contributed by atoms with van der Waals surface area (Å²) in [6, 6.07) is 21.3. The zero-order valence-electron chi connectivity index (χ0n) is 28.9. The molecular formula is C40H51N4O6+. The van der Waals surface area contributed by atoms with E-state index in [1.165, 1.54) is 5.56 Å². The largest absolute Gasteiger partial charge is 0.504 e. The number of carbonyl (C=O) groups is 1. The quantitative estimate of drug-likeness (QED) is 0.0894. The fraction of sp³-hybridized carbons (Fsp3) is 0.400. The summed E-state index contributed by atoms with van der Waals surface area (Å²) in [6.07, 6.45) is 6.04. The lowest BCUT2D eigenvalue weighted by molar-refractivity contribution is -0.851. The highest BCUT2D eigenvalue weighted by atomic mass is 16.5. The van der Waals surface area contributed by atoms with Crippen molar-refractivity contribution in [1.29, 1.82) is 0 Å². The van der Waals surface area contributed by atoms with Crippen molar-refractivity contribution in [2.75, 3.05) is 19.8 Å². The number of Topliss-reactive ketones (excluding diaryl/α,β-unsaturated/α-hetero) is 1. The number of nitrogens with zero attached hydrogens (tertiary/aromatic N) is 1. The Balaban J connectivity index is 1.13. The number of phenols is 1. The minimum absolute atomic E-state index is 0.0161. The van der Waals surface area contributed by atoms with Crippen LogP contribution in [0, 0.1) is 0 Å². The van der Waals surface area contributed by atoms with Crippen molar-refractivity contribution >= 4 is 11.5 Å². The van der Waals surface area contributed by atoms with Gasteiger partial charge in [0.1, 0.15) is 24.2 Å². The topological polar surface area (TPSA) is 162 Å². The number of aliphatic hydroxyl groups excluding tert-OH is 3. The summed E-state index contributed by atoms with van der Waals surface area (Å²) >= 11 is 0. The molecule has 50 heavy (non-hydrogen) atoms. The lowest BCUT2D eigenvalue weighted by Crippen LogP contribution is -3.07. The van der Waals surface area contributed by atoms with Crippen molar-refractivity contribution in [3.63, 3.8) is 0 Å². The highest BCUT2D eigenvalue weighted by molar-refractivity contribution is 6.08. The van der Waals surface area contributed by atoms with Crippen molar-refractivity contribution in [3.05, 3.63) is 118 Å². The molecule has 2 aliphatic heterocycles. The van der Waals surface area contributed by atoms with E-state index in [0.717, 1.165) is 63.4 Å². The number of ether oxygens (including phenoxy) is 1. The summed E-state index contributed by atoms with van der Waals surface area (Å²) in [5.74, 6) is 0.294. The summed E-state index contributed by atoms with van der Waals surface area (Å²) in [6.45, 7) is 3.56. The Hall–Kier alpha value is -4.16. The maximum Gasteiger partial charge on any atom is 0.227 e. The second kappa shape index (κ2) is 18.2. The van der Waals surface area contributed by atoms with Gasteiger partial charge in [-0.2, -0.15) is 0 Å². The number of fused-ring (bicyclic) bond motifs is 1. The van der Waals surface area contributed by atoms with E-state index in [0.29, 0.717) is 31.6 Å². The van der Waals surface area contributed by atoms with Crippen LogP contribution in [0.1, 0.15) is 73.0 Å². The van der Waals surface area contributed by atoms with Crippen LogP contribution in [0.5, 0.6) is 11.5 Å². The molecule has 0 aliphatic carbocycles. The SMILES string of the molecule is CCC[C@H](O)C[C@@H](O)CC(=O)CCc1ccc(O)c(OC[NH+]2C=C3C(Cc4cc([C@H](N)NCCc5ccccc5)ccc4CO)=CN=C3C2)c1. The molecule has 8 N–H and O–H groups in total. The first-order chi connectivity index (χ1) is 24.2. The summed E-state index contributed by atoms with van der Waals surface area (Å²) < 4.78 is 6.04. The van der Waals surface area contributed by atoms with Crippen molar-refractivity contribution in [1.82, 2.24) is 5.32 Å². The van der Waals surface area contributed by atoms with E-state index in [1.54, 1.807) is 18.2 Å². The fourth-order valence-corrected chi connectivity index (χ4v) is 6.50. The number of phenolic OH excluding ortho intramolecular Hbond substituents is 1. The van der Waals surface area contributed by atoms with Crippen LogP contribution < -0.4 is 20.7 Å². The summed E-state index contributed by atoms with van der Waals surface area (Å²) in [5, 5.41) is 44.0. The number of quaternary nitrogens is 1. The van der Waals surface area contributed by atoms with Crippen molar-refractivity contribution < 1.29 is 34.9 Å². The van der Waals surface area contributed by atoms with Crippen molar-refractivity contribution in [2.24, 2.45) is 10.7 Å². The van der Waals surface area contributed by atoms with Gasteiger partial charge in [0.25, 0.3) is 0 Å². The maximum atomic E-state index is 12.5. The van der Waals surface area contributed by atoms with Crippen molar-refractivity contribution in [3.8, 4) is 11.5 Å². The number of carbonyl (C=O) groups excluding carboxylic acids is 1. The monoisotopic (exact) mass is 683 g/mol. The van der Waals surface area contributed by atoms with Crippen LogP contribution in [-0.2, 0) is 30.7 Å². The molecule has 0 radical (unpaired) electrons. The lowest BCUT2D eigenvalue weighted by atomic mass is 9.94. The zero-order valence-corrected chi connectivity index (χ0v) is 28.9. The Morgan fingerprint density at radius 1 is 1.02 bits per heavy atom. The molecule has 5 rings (SSSR count). The van der Waals surface area contributed by atoms with Gasteiger partial charge in [-0.15, -0.1) is 0 Å². The third-order valence-corrected chi connectivity index (χ3v) is 9.30. The Bertz CT molecular complexity index is 1690. The van der Waals surface area contributed by atoms with Gasteiger partial charge in [-0.25, -0.2) is 0 Å². The molecule has 10 nitrogen and oxygen atoms in total. The molecule has 0 bridgehead atoms. The number of nitrogens with two attached hydrogens (primary N) is 1. The zero-order chi connectivity index (χ0) is 35.5. The number of aliphatic imine (C=N–C) groups is 1. The molecule has 0 aromatic heterocycles. The molecule has 2 heterocycles. The molecule has 3 aromatic rings. The molecule has 3 aromatic carbocycles. The van der Waals surface area contributed by atoms with Crippen LogP contribution in [0.2, 0.25) is 0 Å². The van der Waals surface area contributed by atoms with Crippen LogP contribution in [-0.4, -0.2) is 63.9 Å². The number of aliphatic hydroxyl groups is 3. The standard InChI is InChI=1S/C40H50N4O6/c1-2-6-33(46)20-35(48)21-34(47)13-9-28-10-14-38(49)39(17-28)50-26-44-23-36-32(22-43-37(36)24-44)19-31-18-29(11-12-30(31)25-45)40(41)42-16-15-27-7-4-3-5-8-27/h3-5,7-8,10-12,14,17-18,22-23,33,35,40,42,45-46,48-49H,2,6,9,13,15-16,19-21,24-26,41H2,1H3/p+1/t33-,35+,40+/m0/s1.